The van der Waals surface area contributed by atoms with E-state index in [-0.39, 0.29) is 18.9 Å². The van der Waals surface area contributed by atoms with Gasteiger partial charge in [0.05, 0.1) is 24.9 Å². The summed E-state index contributed by atoms with van der Waals surface area (Å²) in [6.07, 6.45) is 1.52. The molecule has 4 nitrogen and oxygen atoms in total. The van der Waals surface area contributed by atoms with Crippen LogP contribution in [-0.4, -0.2) is 33.3 Å². The van der Waals surface area contributed by atoms with Crippen molar-refractivity contribution in [1.29, 1.82) is 0 Å². The van der Waals surface area contributed by atoms with E-state index in [1.54, 1.807) is 0 Å². The Kier molecular flexibility index (Phi) is 3.36. The number of hydrogen-bond donors (Lipinski definition) is 2. The van der Waals surface area contributed by atoms with Crippen molar-refractivity contribution in [3.8, 4) is 0 Å². The molecule has 0 saturated heterocycles. The molecule has 3 rings (SSSR count). The van der Waals surface area contributed by atoms with Gasteiger partial charge in [-0.05, 0) is 37.5 Å². The summed E-state index contributed by atoms with van der Waals surface area (Å²) in [6, 6.07) is 6.12. The number of Topliss-reactive ketones (excluding diaryl/α,β-unsaturated/α-hetero) is 1. The van der Waals surface area contributed by atoms with E-state index < -0.39 is 6.10 Å². The molecule has 1 aliphatic carbocycles. The Balaban J connectivity index is 2.25. The van der Waals surface area contributed by atoms with E-state index >= 15 is 0 Å². The zero-order valence-electron chi connectivity index (χ0n) is 11.6. The van der Waals surface area contributed by atoms with Gasteiger partial charge in [0.25, 0.3) is 0 Å². The Hall–Kier alpha value is -1.65. The molecule has 2 N–H and O–H groups in total. The number of rotatable bonds is 3. The summed E-state index contributed by atoms with van der Waals surface area (Å²) in [6.45, 7) is 2.00. The van der Waals surface area contributed by atoms with E-state index in [9.17, 15) is 9.90 Å². The summed E-state index contributed by atoms with van der Waals surface area (Å²) >= 11 is 0. The van der Waals surface area contributed by atoms with E-state index in [1.165, 1.54) is 0 Å². The van der Waals surface area contributed by atoms with Crippen LogP contribution in [0, 0.1) is 6.92 Å². The summed E-state index contributed by atoms with van der Waals surface area (Å²) in [5, 5.41) is 19.9. The highest BCUT2D eigenvalue weighted by Gasteiger charge is 2.26. The number of nitrogens with zero attached hydrogens (tertiary/aromatic N) is 1. The van der Waals surface area contributed by atoms with Gasteiger partial charge >= 0.3 is 0 Å². The summed E-state index contributed by atoms with van der Waals surface area (Å²) in [4.78, 5) is 12.3. The van der Waals surface area contributed by atoms with Gasteiger partial charge in [-0.3, -0.25) is 4.79 Å². The standard InChI is InChI=1S/C16H19NO3/c1-10-5-6-14-13(7-10)12-3-2-4-15(20)16(12)17(14)8-11(19)9-18/h5-7,11,18-19H,2-4,8-9H2,1H3/t11-/m1/s1. The average molecular weight is 273 g/mol. The molecule has 20 heavy (non-hydrogen) atoms. The average Bonchev–Trinajstić information content (AvgIpc) is 2.74. The van der Waals surface area contributed by atoms with Crippen molar-refractivity contribution < 1.29 is 15.0 Å². The first-order valence-corrected chi connectivity index (χ1v) is 7.05. The monoisotopic (exact) mass is 273 g/mol. The first-order chi connectivity index (χ1) is 9.61. The van der Waals surface area contributed by atoms with Gasteiger partial charge in [-0.1, -0.05) is 11.6 Å². The number of benzene rings is 1. The third-order valence-electron chi connectivity index (χ3n) is 4.02. The number of ketones is 1. The first kappa shape index (κ1) is 13.3. The molecule has 2 aromatic rings. The van der Waals surface area contributed by atoms with Crippen molar-refractivity contribution in [2.24, 2.45) is 0 Å². The second kappa shape index (κ2) is 5.04. The minimum Gasteiger partial charge on any atom is -0.394 e. The molecule has 0 radical (unpaired) electrons. The molecule has 1 aromatic carbocycles. The summed E-state index contributed by atoms with van der Waals surface area (Å²) in [5.41, 5.74) is 3.97. The Bertz CT molecular complexity index is 672. The summed E-state index contributed by atoms with van der Waals surface area (Å²) in [7, 11) is 0. The molecule has 0 unspecified atom stereocenters. The molecule has 0 amide bonds. The van der Waals surface area contributed by atoms with E-state index in [1.807, 2.05) is 23.6 Å². The molecule has 0 spiro atoms. The van der Waals surface area contributed by atoms with Crippen LogP contribution in [0.5, 0.6) is 0 Å². The molecule has 1 aromatic heterocycles. The zero-order chi connectivity index (χ0) is 14.3. The number of hydrogen-bond acceptors (Lipinski definition) is 3. The lowest BCUT2D eigenvalue weighted by Crippen LogP contribution is -2.23. The first-order valence-electron chi connectivity index (χ1n) is 7.05. The molecule has 1 heterocycles. The van der Waals surface area contributed by atoms with Crippen LogP contribution in [0.25, 0.3) is 10.9 Å². The number of aliphatic hydroxyl groups is 2. The normalized spacial score (nSPS) is 16.4. The van der Waals surface area contributed by atoms with E-state index in [4.69, 9.17) is 5.11 Å². The molecule has 106 valence electrons. The highest BCUT2D eigenvalue weighted by Crippen LogP contribution is 2.33. The van der Waals surface area contributed by atoms with E-state index in [2.05, 4.69) is 6.07 Å². The highest BCUT2D eigenvalue weighted by molar-refractivity contribution is 6.04. The van der Waals surface area contributed by atoms with Crippen LogP contribution in [0.1, 0.15) is 34.5 Å². The lowest BCUT2D eigenvalue weighted by Gasteiger charge is -2.16. The minimum atomic E-state index is -0.842. The van der Waals surface area contributed by atoms with Gasteiger partial charge in [0.2, 0.25) is 0 Å². The highest BCUT2D eigenvalue weighted by atomic mass is 16.3. The largest absolute Gasteiger partial charge is 0.394 e. The van der Waals surface area contributed by atoms with Crippen LogP contribution in [-0.2, 0) is 13.0 Å². The molecular formula is C16H19NO3. The summed E-state index contributed by atoms with van der Waals surface area (Å²) in [5.74, 6) is 0.144. The fourth-order valence-electron chi connectivity index (χ4n) is 3.11. The number of aromatic nitrogens is 1. The molecule has 1 atom stereocenters. The van der Waals surface area contributed by atoms with Gasteiger partial charge in [-0.2, -0.15) is 0 Å². The van der Waals surface area contributed by atoms with Crippen LogP contribution in [0.3, 0.4) is 0 Å². The van der Waals surface area contributed by atoms with Crippen molar-refractivity contribution >= 4 is 16.7 Å². The molecule has 0 aliphatic heterocycles. The van der Waals surface area contributed by atoms with Gasteiger partial charge in [0.1, 0.15) is 0 Å². The number of carbonyl (C=O) groups excluding carboxylic acids is 1. The fraction of sp³-hybridized carbons (Fsp3) is 0.438. The number of aryl methyl sites for hydroxylation is 2. The van der Waals surface area contributed by atoms with Crippen molar-refractivity contribution in [3.63, 3.8) is 0 Å². The number of fused-ring (bicyclic) bond motifs is 3. The van der Waals surface area contributed by atoms with E-state index in [0.717, 1.165) is 40.6 Å². The van der Waals surface area contributed by atoms with Crippen molar-refractivity contribution in [3.05, 3.63) is 35.0 Å². The number of aliphatic hydroxyl groups excluding tert-OH is 2. The second-order valence-electron chi connectivity index (χ2n) is 5.57. The third kappa shape index (κ3) is 2.05. The molecule has 0 fully saturated rings. The van der Waals surface area contributed by atoms with Crippen LogP contribution in [0.4, 0.5) is 0 Å². The van der Waals surface area contributed by atoms with Gasteiger partial charge in [-0.15, -0.1) is 0 Å². The van der Waals surface area contributed by atoms with Gasteiger partial charge < -0.3 is 14.8 Å². The predicted octanol–water partition coefficient (Wildman–Crippen LogP) is 1.82. The van der Waals surface area contributed by atoms with Crippen LogP contribution >= 0.6 is 0 Å². The van der Waals surface area contributed by atoms with Crippen molar-refractivity contribution in [2.45, 2.75) is 38.8 Å². The maximum absolute atomic E-state index is 12.3. The predicted molar refractivity (Wildman–Crippen MR) is 77.0 cm³/mol. The second-order valence-corrected chi connectivity index (χ2v) is 5.57. The molecular weight excluding hydrogens is 254 g/mol. The SMILES string of the molecule is Cc1ccc2c(c1)c1c(n2C[C@@H](O)CO)C(=O)CCC1. The van der Waals surface area contributed by atoms with Gasteiger partial charge in [0, 0.05) is 17.3 Å². The Morgan fingerprint density at radius 1 is 1.35 bits per heavy atom. The zero-order valence-corrected chi connectivity index (χ0v) is 11.6. The van der Waals surface area contributed by atoms with E-state index in [0.29, 0.717) is 6.42 Å². The summed E-state index contributed by atoms with van der Waals surface area (Å²) < 4.78 is 1.88. The minimum absolute atomic E-state index is 0.144. The smallest absolute Gasteiger partial charge is 0.179 e. The molecule has 0 bridgehead atoms. The maximum atomic E-state index is 12.3. The topological polar surface area (TPSA) is 62.5 Å². The van der Waals surface area contributed by atoms with Crippen LogP contribution in [0.15, 0.2) is 18.2 Å². The van der Waals surface area contributed by atoms with Crippen LogP contribution < -0.4 is 0 Å². The van der Waals surface area contributed by atoms with Crippen LogP contribution in [0.2, 0.25) is 0 Å². The Morgan fingerprint density at radius 3 is 2.90 bits per heavy atom. The quantitative estimate of drug-likeness (QED) is 0.896. The van der Waals surface area contributed by atoms with Crippen molar-refractivity contribution in [2.75, 3.05) is 6.61 Å². The Labute approximate surface area is 117 Å². The fourth-order valence-corrected chi connectivity index (χ4v) is 3.11. The lowest BCUT2D eigenvalue weighted by molar-refractivity contribution is 0.0798. The van der Waals surface area contributed by atoms with Gasteiger partial charge in [0.15, 0.2) is 5.78 Å². The third-order valence-corrected chi connectivity index (χ3v) is 4.02. The molecule has 1 aliphatic rings. The van der Waals surface area contributed by atoms with Gasteiger partial charge in [-0.25, -0.2) is 0 Å². The maximum Gasteiger partial charge on any atom is 0.179 e. The molecule has 0 saturated carbocycles. The lowest BCUT2D eigenvalue weighted by atomic mass is 9.94. The van der Waals surface area contributed by atoms with Crippen molar-refractivity contribution in [1.82, 2.24) is 4.57 Å². The molecule has 4 heteroatoms. The Morgan fingerprint density at radius 2 is 2.15 bits per heavy atom. The number of carbonyl (C=O) groups is 1.